The van der Waals surface area contributed by atoms with Crippen molar-refractivity contribution in [3.05, 3.63) is 22.7 Å². The van der Waals surface area contributed by atoms with Crippen molar-refractivity contribution >= 4 is 11.6 Å². The molecule has 0 bridgehead atoms. The van der Waals surface area contributed by atoms with Crippen LogP contribution in [0.1, 0.15) is 38.2 Å². The zero-order chi connectivity index (χ0) is 14.9. The number of halogens is 1. The second-order valence-corrected chi connectivity index (χ2v) is 6.71. The molecule has 5 heteroatoms. The molecule has 0 spiro atoms. The molecule has 4 nitrogen and oxygen atoms in total. The highest BCUT2D eigenvalue weighted by Crippen LogP contribution is 2.40. The van der Waals surface area contributed by atoms with Crippen LogP contribution >= 0.6 is 11.6 Å². The van der Waals surface area contributed by atoms with E-state index in [1.54, 1.807) is 0 Å². The fourth-order valence-corrected chi connectivity index (χ4v) is 3.72. The minimum absolute atomic E-state index is 0.166. The summed E-state index contributed by atoms with van der Waals surface area (Å²) in [7, 11) is 0. The van der Waals surface area contributed by atoms with Crippen molar-refractivity contribution in [3.8, 4) is 11.5 Å². The van der Waals surface area contributed by atoms with Crippen LogP contribution in [0.5, 0.6) is 11.5 Å². The predicted molar refractivity (Wildman–Crippen MR) is 81.9 cm³/mol. The minimum Gasteiger partial charge on any atom is -0.454 e. The predicted octanol–water partition coefficient (Wildman–Crippen LogP) is 3.10. The molecular weight excluding hydrogens is 290 g/mol. The standard InChI is InChI=1S/C16H22ClNO3/c1-11-3-2-4-16(7-11,9-19)18-8-12-5-13(17)15-14(6-12)20-10-21-15/h5-6,11,18-19H,2-4,7-10H2,1H3. The smallest absolute Gasteiger partial charge is 0.231 e. The van der Waals surface area contributed by atoms with Gasteiger partial charge in [0.05, 0.1) is 11.6 Å². The van der Waals surface area contributed by atoms with Crippen LogP contribution in [0.3, 0.4) is 0 Å². The second-order valence-electron chi connectivity index (χ2n) is 6.30. The van der Waals surface area contributed by atoms with E-state index in [1.807, 2.05) is 12.1 Å². The zero-order valence-corrected chi connectivity index (χ0v) is 13.1. The van der Waals surface area contributed by atoms with Crippen LogP contribution in [0.2, 0.25) is 5.02 Å². The molecule has 21 heavy (non-hydrogen) atoms. The maximum absolute atomic E-state index is 9.81. The molecule has 1 heterocycles. The average molecular weight is 312 g/mol. The van der Waals surface area contributed by atoms with Gasteiger partial charge in [-0.25, -0.2) is 0 Å². The Bertz CT molecular complexity index is 522. The van der Waals surface area contributed by atoms with Crippen molar-refractivity contribution in [3.63, 3.8) is 0 Å². The van der Waals surface area contributed by atoms with Gasteiger partial charge in [-0.05, 0) is 36.5 Å². The molecular formula is C16H22ClNO3. The van der Waals surface area contributed by atoms with Gasteiger partial charge in [-0.15, -0.1) is 0 Å². The summed E-state index contributed by atoms with van der Waals surface area (Å²) in [5.41, 5.74) is 0.885. The Kier molecular flexibility index (Phi) is 4.29. The van der Waals surface area contributed by atoms with Gasteiger partial charge in [0, 0.05) is 12.1 Å². The fourth-order valence-electron chi connectivity index (χ4n) is 3.43. The van der Waals surface area contributed by atoms with Crippen molar-refractivity contribution in [2.24, 2.45) is 5.92 Å². The van der Waals surface area contributed by atoms with Gasteiger partial charge in [-0.3, -0.25) is 0 Å². The van der Waals surface area contributed by atoms with Gasteiger partial charge in [0.25, 0.3) is 0 Å². The van der Waals surface area contributed by atoms with Crippen LogP contribution in [0, 0.1) is 5.92 Å². The first-order valence-electron chi connectivity index (χ1n) is 7.56. The summed E-state index contributed by atoms with van der Waals surface area (Å²) in [5, 5.41) is 13.9. The summed E-state index contributed by atoms with van der Waals surface area (Å²) in [5.74, 6) is 1.98. The van der Waals surface area contributed by atoms with E-state index in [-0.39, 0.29) is 18.9 Å². The molecule has 0 amide bonds. The van der Waals surface area contributed by atoms with Crippen LogP contribution < -0.4 is 14.8 Å². The summed E-state index contributed by atoms with van der Waals surface area (Å²) < 4.78 is 10.7. The van der Waals surface area contributed by atoms with Crippen molar-refractivity contribution in [2.75, 3.05) is 13.4 Å². The number of aliphatic hydroxyl groups is 1. The summed E-state index contributed by atoms with van der Waals surface area (Å²) in [6, 6.07) is 3.86. The Morgan fingerprint density at radius 2 is 2.29 bits per heavy atom. The molecule has 2 N–H and O–H groups in total. The molecule has 2 atom stereocenters. The topological polar surface area (TPSA) is 50.7 Å². The molecule has 1 aromatic rings. The Balaban J connectivity index is 1.70. The van der Waals surface area contributed by atoms with E-state index in [9.17, 15) is 5.11 Å². The van der Waals surface area contributed by atoms with Gasteiger partial charge in [-0.2, -0.15) is 0 Å². The van der Waals surface area contributed by atoms with Crippen LogP contribution in [-0.4, -0.2) is 24.0 Å². The summed E-state index contributed by atoms with van der Waals surface area (Å²) in [4.78, 5) is 0. The lowest BCUT2D eigenvalue weighted by atomic mass is 9.77. The van der Waals surface area contributed by atoms with Gasteiger partial charge in [0.15, 0.2) is 11.5 Å². The van der Waals surface area contributed by atoms with Crippen molar-refractivity contribution < 1.29 is 14.6 Å². The molecule has 0 saturated heterocycles. The molecule has 1 aromatic carbocycles. The Morgan fingerprint density at radius 3 is 3.05 bits per heavy atom. The molecule has 3 rings (SSSR count). The lowest BCUT2D eigenvalue weighted by molar-refractivity contribution is 0.0982. The fraction of sp³-hybridized carbons (Fsp3) is 0.625. The average Bonchev–Trinajstić information content (AvgIpc) is 2.94. The van der Waals surface area contributed by atoms with E-state index in [2.05, 4.69) is 12.2 Å². The molecule has 1 saturated carbocycles. The number of benzene rings is 1. The van der Waals surface area contributed by atoms with Gasteiger partial charge in [0.2, 0.25) is 6.79 Å². The maximum atomic E-state index is 9.81. The normalized spacial score (nSPS) is 27.9. The van der Waals surface area contributed by atoms with Gasteiger partial charge < -0.3 is 19.9 Å². The van der Waals surface area contributed by atoms with Crippen LogP contribution in [-0.2, 0) is 6.54 Å². The number of fused-ring (bicyclic) bond motifs is 1. The van der Waals surface area contributed by atoms with E-state index in [1.165, 1.54) is 6.42 Å². The third-order valence-electron chi connectivity index (χ3n) is 4.55. The van der Waals surface area contributed by atoms with E-state index < -0.39 is 0 Å². The molecule has 116 valence electrons. The Morgan fingerprint density at radius 1 is 1.43 bits per heavy atom. The Labute approximate surface area is 130 Å². The van der Waals surface area contributed by atoms with Gasteiger partial charge in [-0.1, -0.05) is 31.4 Å². The van der Waals surface area contributed by atoms with E-state index in [0.29, 0.717) is 29.0 Å². The Hall–Kier alpha value is -0.970. The molecule has 1 aliphatic heterocycles. The minimum atomic E-state index is -0.166. The molecule has 2 aliphatic rings. The van der Waals surface area contributed by atoms with Crippen LogP contribution in [0.25, 0.3) is 0 Å². The van der Waals surface area contributed by atoms with E-state index in [4.69, 9.17) is 21.1 Å². The monoisotopic (exact) mass is 311 g/mol. The molecule has 0 radical (unpaired) electrons. The quantitative estimate of drug-likeness (QED) is 0.897. The van der Waals surface area contributed by atoms with E-state index in [0.717, 1.165) is 24.8 Å². The highest BCUT2D eigenvalue weighted by atomic mass is 35.5. The third-order valence-corrected chi connectivity index (χ3v) is 4.83. The SMILES string of the molecule is CC1CCCC(CO)(NCc2cc(Cl)c3c(c2)OCO3)C1. The van der Waals surface area contributed by atoms with Gasteiger partial charge in [0.1, 0.15) is 0 Å². The molecule has 2 unspecified atom stereocenters. The lowest BCUT2D eigenvalue weighted by Gasteiger charge is -2.39. The van der Waals surface area contributed by atoms with Gasteiger partial charge >= 0.3 is 0 Å². The number of ether oxygens (including phenoxy) is 2. The highest BCUT2D eigenvalue weighted by molar-refractivity contribution is 6.32. The number of rotatable bonds is 4. The highest BCUT2D eigenvalue weighted by Gasteiger charge is 2.33. The first-order valence-corrected chi connectivity index (χ1v) is 7.94. The summed E-state index contributed by atoms with van der Waals surface area (Å²) in [6.45, 7) is 3.33. The lowest BCUT2D eigenvalue weighted by Crippen LogP contribution is -2.51. The van der Waals surface area contributed by atoms with Crippen molar-refractivity contribution in [1.82, 2.24) is 5.32 Å². The first-order chi connectivity index (χ1) is 10.1. The number of aliphatic hydroxyl groups excluding tert-OH is 1. The number of nitrogens with one attached hydrogen (secondary N) is 1. The van der Waals surface area contributed by atoms with Crippen LogP contribution in [0.4, 0.5) is 0 Å². The third kappa shape index (κ3) is 3.12. The zero-order valence-electron chi connectivity index (χ0n) is 12.3. The summed E-state index contributed by atoms with van der Waals surface area (Å²) in [6.07, 6.45) is 4.45. The number of hydrogen-bond donors (Lipinski definition) is 2. The first kappa shape index (κ1) is 14.9. The van der Waals surface area contributed by atoms with Crippen LogP contribution in [0.15, 0.2) is 12.1 Å². The molecule has 0 aromatic heterocycles. The summed E-state index contributed by atoms with van der Waals surface area (Å²) >= 11 is 6.21. The van der Waals surface area contributed by atoms with Crippen molar-refractivity contribution in [2.45, 2.75) is 44.7 Å². The molecule has 1 fully saturated rings. The molecule has 1 aliphatic carbocycles. The largest absolute Gasteiger partial charge is 0.454 e. The van der Waals surface area contributed by atoms with Crippen molar-refractivity contribution in [1.29, 1.82) is 0 Å². The van der Waals surface area contributed by atoms with E-state index >= 15 is 0 Å². The number of hydrogen-bond acceptors (Lipinski definition) is 4. The second kappa shape index (κ2) is 6.03. The maximum Gasteiger partial charge on any atom is 0.231 e.